The molecular formula is C16H20N6O. The molecule has 2 atom stereocenters. The number of likely N-dealkylation sites (N-methyl/N-ethyl adjacent to an activating group) is 1. The predicted molar refractivity (Wildman–Crippen MR) is 87.9 cm³/mol. The molecule has 7 nitrogen and oxygen atoms in total. The fraction of sp³-hybridized carbons (Fsp3) is 0.500. The number of likely N-dealkylation sites (tertiary alicyclic amines) is 1. The van der Waals surface area contributed by atoms with E-state index in [-0.39, 0.29) is 16.9 Å². The number of hydrogen-bond acceptors (Lipinski definition) is 4. The molecule has 0 radical (unpaired) electrons. The summed E-state index contributed by atoms with van der Waals surface area (Å²) in [5.74, 6) is -4.64. The van der Waals surface area contributed by atoms with E-state index in [0.717, 1.165) is 11.9 Å². The summed E-state index contributed by atoms with van der Waals surface area (Å²) in [7, 11) is 1.12. The fourth-order valence-electron chi connectivity index (χ4n) is 2.31. The van der Waals surface area contributed by atoms with Crippen molar-refractivity contribution < 1.29 is 18.5 Å². The molecule has 2 aromatic heterocycles. The van der Waals surface area contributed by atoms with Gasteiger partial charge in [0.15, 0.2) is 0 Å². The molecule has 0 aliphatic carbocycles. The van der Waals surface area contributed by atoms with E-state index in [4.69, 9.17) is 20.3 Å². The highest BCUT2D eigenvalue weighted by Crippen LogP contribution is 2.28. The number of rotatable bonds is 3. The van der Waals surface area contributed by atoms with E-state index in [9.17, 15) is 4.79 Å². The average Bonchev–Trinajstić information content (AvgIpc) is 3.17. The van der Waals surface area contributed by atoms with Crippen molar-refractivity contribution in [2.24, 2.45) is 5.89 Å². The van der Waals surface area contributed by atoms with Crippen molar-refractivity contribution >= 4 is 22.8 Å². The molecule has 1 aliphatic heterocycles. The van der Waals surface area contributed by atoms with Gasteiger partial charge in [0.25, 0.3) is 6.50 Å². The van der Waals surface area contributed by atoms with Gasteiger partial charge in [0.05, 0.1) is 15.5 Å². The van der Waals surface area contributed by atoms with E-state index in [1.807, 2.05) is 0 Å². The summed E-state index contributed by atoms with van der Waals surface area (Å²) in [6.45, 7) is -3.42. The van der Waals surface area contributed by atoms with Crippen molar-refractivity contribution in [3.05, 3.63) is 30.0 Å². The zero-order valence-corrected chi connectivity index (χ0v) is 12.2. The van der Waals surface area contributed by atoms with Crippen LogP contribution >= 0.6 is 0 Å². The van der Waals surface area contributed by atoms with E-state index in [0.29, 0.717) is 4.90 Å². The van der Waals surface area contributed by atoms with Crippen LogP contribution in [-0.2, 0) is 4.79 Å². The third kappa shape index (κ3) is 2.84. The van der Waals surface area contributed by atoms with Crippen LogP contribution in [0.25, 0.3) is 15.9 Å². The van der Waals surface area contributed by atoms with Gasteiger partial charge in [0.1, 0.15) is 21.9 Å². The number of amides is 1. The van der Waals surface area contributed by atoms with Gasteiger partial charge in [-0.25, -0.2) is 16.5 Å². The van der Waals surface area contributed by atoms with Crippen molar-refractivity contribution in [2.75, 3.05) is 31.5 Å². The number of aromatic nitrogens is 3. The third-order valence-electron chi connectivity index (χ3n) is 3.45. The quantitative estimate of drug-likeness (QED) is 0.871. The molecule has 2 aromatic rings. The number of piperidine rings is 1. The molecule has 1 N–H and O–H groups in total. The Kier molecular flexibility index (Phi) is 1.98. The molecule has 1 fully saturated rings. The molecule has 0 spiro atoms. The fourth-order valence-corrected chi connectivity index (χ4v) is 2.31. The first-order valence-electron chi connectivity index (χ1n) is 11.7. The number of nitrogens with zero attached hydrogens (tertiary/aromatic N) is 5. The standard InChI is InChI=1S/C16H20N6O/c1-11-5-7-22(14(23)8-17-2)9-13(11)21(3)16-12-4-6-18-15(12)19-10-20-16/h4,6,10-11,13H,5,7-9H2,1,3H3,(H,18,19,20)/t11-,13+/m1/s1/i1D3,8D2,9D2,10D,11D,13D. The Balaban J connectivity index is 2.30. The van der Waals surface area contributed by atoms with Crippen LogP contribution in [0, 0.1) is 12.5 Å². The lowest BCUT2D eigenvalue weighted by atomic mass is 9.92. The van der Waals surface area contributed by atoms with Crippen molar-refractivity contribution in [1.29, 1.82) is 0 Å². The van der Waals surface area contributed by atoms with Crippen LogP contribution < -0.4 is 4.90 Å². The highest BCUT2D eigenvalue weighted by atomic mass is 16.2. The Morgan fingerprint density at radius 2 is 2.70 bits per heavy atom. The van der Waals surface area contributed by atoms with Gasteiger partial charge in [-0.3, -0.25) is 4.79 Å². The topological polar surface area (TPSA) is 69.5 Å². The molecule has 3 rings (SSSR count). The van der Waals surface area contributed by atoms with E-state index in [2.05, 4.69) is 19.8 Å². The van der Waals surface area contributed by atoms with Crippen molar-refractivity contribution in [3.8, 4) is 0 Å². The Morgan fingerprint density at radius 1 is 1.83 bits per heavy atom. The molecule has 1 aliphatic rings. The van der Waals surface area contributed by atoms with Gasteiger partial charge >= 0.3 is 5.91 Å². The summed E-state index contributed by atoms with van der Waals surface area (Å²) in [4.78, 5) is 26.9. The van der Waals surface area contributed by atoms with Crippen molar-refractivity contribution in [2.45, 2.75) is 19.3 Å². The lowest BCUT2D eigenvalue weighted by Crippen LogP contribution is -2.53. The number of fused-ring (bicyclic) bond motifs is 1. The Hall–Kier alpha value is -2.62. The summed E-state index contributed by atoms with van der Waals surface area (Å²) in [6, 6.07) is -1.62. The van der Waals surface area contributed by atoms with Gasteiger partial charge in [-0.15, -0.1) is 0 Å². The lowest BCUT2D eigenvalue weighted by Gasteiger charge is -2.41. The molecule has 0 aromatic carbocycles. The molecule has 0 unspecified atom stereocenters. The Labute approximate surface area is 149 Å². The first-order valence-corrected chi connectivity index (χ1v) is 6.72. The predicted octanol–water partition coefficient (Wildman–Crippen LogP) is 1.55. The molecule has 0 bridgehead atoms. The van der Waals surface area contributed by atoms with Gasteiger partial charge in [0.2, 0.25) is 0 Å². The maximum absolute atomic E-state index is 12.7. The number of H-pyrrole nitrogens is 1. The summed E-state index contributed by atoms with van der Waals surface area (Å²) in [5, 5.41) is 0.212. The van der Waals surface area contributed by atoms with Crippen LogP contribution in [0.4, 0.5) is 5.82 Å². The van der Waals surface area contributed by atoms with E-state index in [1.54, 1.807) is 0 Å². The monoisotopic (exact) mass is 322 g/mol. The van der Waals surface area contributed by atoms with Crippen molar-refractivity contribution in [3.63, 3.8) is 0 Å². The van der Waals surface area contributed by atoms with E-state index >= 15 is 0 Å². The molecular weight excluding hydrogens is 292 g/mol. The molecule has 7 heteroatoms. The second kappa shape index (κ2) is 6.24. The lowest BCUT2D eigenvalue weighted by molar-refractivity contribution is -0.130. The van der Waals surface area contributed by atoms with Gasteiger partial charge in [-0.1, -0.05) is 6.85 Å². The zero-order valence-electron chi connectivity index (χ0n) is 22.2. The first-order chi connectivity index (χ1) is 15.0. The minimum Gasteiger partial charge on any atom is -0.354 e. The second-order valence-corrected chi connectivity index (χ2v) is 4.82. The Morgan fingerprint density at radius 3 is 3.48 bits per heavy atom. The van der Waals surface area contributed by atoms with Crippen LogP contribution in [0.3, 0.4) is 0 Å². The first kappa shape index (κ1) is 7.30. The van der Waals surface area contributed by atoms with Gasteiger partial charge in [-0.05, 0) is 18.4 Å². The van der Waals surface area contributed by atoms with Crippen LogP contribution in [0.15, 0.2) is 18.6 Å². The molecule has 1 saturated heterocycles. The number of carbonyl (C=O) groups is 1. The molecule has 23 heavy (non-hydrogen) atoms. The SMILES string of the molecule is [2H]c1nc(N(C)[C@@]2([2H])C([2H])([2H])N(C(=O)C([2H])([2H])[N+]#[C-])CC[C@@]2([2H])C([2H])([2H])[2H])c2cc[nH]c2n1. The molecule has 0 saturated carbocycles. The van der Waals surface area contributed by atoms with Crippen LogP contribution in [0.1, 0.15) is 27.0 Å². The highest BCUT2D eigenvalue weighted by Gasteiger charge is 2.33. The van der Waals surface area contributed by atoms with Crippen LogP contribution in [-0.4, -0.2) is 58.4 Å². The minimum absolute atomic E-state index is 0.151. The molecule has 3 heterocycles. The van der Waals surface area contributed by atoms with E-state index in [1.165, 1.54) is 12.3 Å². The van der Waals surface area contributed by atoms with Crippen LogP contribution in [0.2, 0.25) is 0 Å². The van der Waals surface area contributed by atoms with Gasteiger partial charge < -0.3 is 19.6 Å². The zero-order chi connectivity index (χ0) is 25.2. The summed E-state index contributed by atoms with van der Waals surface area (Å²) < 4.78 is 82.2. The highest BCUT2D eigenvalue weighted by molar-refractivity contribution is 5.87. The van der Waals surface area contributed by atoms with Crippen molar-refractivity contribution in [1.82, 2.24) is 19.9 Å². The number of hydrogen-bond donors (Lipinski definition) is 1. The maximum Gasteiger partial charge on any atom is 0.302 e. The second-order valence-electron chi connectivity index (χ2n) is 4.82. The number of aromatic amines is 1. The smallest absolute Gasteiger partial charge is 0.302 e. The maximum atomic E-state index is 12.7. The third-order valence-corrected chi connectivity index (χ3v) is 3.45. The number of nitrogens with one attached hydrogen (secondary N) is 1. The number of carbonyl (C=O) groups excluding carboxylic acids is 1. The van der Waals surface area contributed by atoms with E-state index < -0.39 is 56.9 Å². The summed E-state index contributed by atoms with van der Waals surface area (Å²) in [6.07, 6.45) is 0.208. The minimum atomic E-state index is -3.28. The molecule has 1 amide bonds. The van der Waals surface area contributed by atoms with Crippen LogP contribution in [0.5, 0.6) is 0 Å². The summed E-state index contributed by atoms with van der Waals surface area (Å²) in [5.41, 5.74) is 0.151. The largest absolute Gasteiger partial charge is 0.354 e. The Bertz CT molecular complexity index is 1140. The normalized spacial score (nSPS) is 37.3. The van der Waals surface area contributed by atoms with Gasteiger partial charge in [0, 0.05) is 31.8 Å². The van der Waals surface area contributed by atoms with Gasteiger partial charge in [-0.2, -0.15) is 0 Å². The summed E-state index contributed by atoms with van der Waals surface area (Å²) >= 11 is 0. The molecule has 120 valence electrons. The average molecular weight is 322 g/mol. The number of anilines is 1.